The van der Waals surface area contributed by atoms with Crippen LogP contribution in [0.25, 0.3) is 0 Å². The number of benzene rings is 1. The van der Waals surface area contributed by atoms with E-state index in [1.165, 1.54) is 11.1 Å². The van der Waals surface area contributed by atoms with Gasteiger partial charge in [-0.2, -0.15) is 0 Å². The molecule has 1 atom stereocenters. The van der Waals surface area contributed by atoms with Crippen LogP contribution < -0.4 is 11.1 Å². The number of carbonyl (C=O) groups is 1. The number of hydrogen-bond acceptors (Lipinski definition) is 3. The van der Waals surface area contributed by atoms with Crippen LogP contribution >= 0.6 is 0 Å². The molecule has 0 saturated heterocycles. The maximum Gasteiger partial charge on any atom is 0.158 e. The molecule has 2 rings (SSSR count). The summed E-state index contributed by atoms with van der Waals surface area (Å²) in [5.74, 6) is 0.392. The van der Waals surface area contributed by atoms with Gasteiger partial charge in [0.1, 0.15) is 0 Å². The van der Waals surface area contributed by atoms with Crippen molar-refractivity contribution in [1.82, 2.24) is 5.32 Å². The van der Waals surface area contributed by atoms with Gasteiger partial charge >= 0.3 is 0 Å². The van der Waals surface area contributed by atoms with Gasteiger partial charge in [0.25, 0.3) is 0 Å². The van der Waals surface area contributed by atoms with Gasteiger partial charge in [-0.25, -0.2) is 0 Å². The number of nitrogens with two attached hydrogens (primary N) is 1. The molecule has 0 amide bonds. The Balaban J connectivity index is 2.15. The molecular formula is C20H26N2O. The van der Waals surface area contributed by atoms with Crippen molar-refractivity contribution in [3.63, 3.8) is 0 Å². The summed E-state index contributed by atoms with van der Waals surface area (Å²) in [4.78, 5) is 12.1. The SMILES string of the molecule is C/C=C(N)\C(=C/C)NC1=CC(=O)CC(c2ccc(CC)cc2)C1. The number of ketones is 1. The van der Waals surface area contributed by atoms with Gasteiger partial charge in [-0.3, -0.25) is 4.79 Å². The van der Waals surface area contributed by atoms with Gasteiger partial charge in [0, 0.05) is 18.2 Å². The van der Waals surface area contributed by atoms with Gasteiger partial charge in [-0.1, -0.05) is 43.3 Å². The predicted molar refractivity (Wildman–Crippen MR) is 95.7 cm³/mol. The summed E-state index contributed by atoms with van der Waals surface area (Å²) in [7, 11) is 0. The number of rotatable bonds is 5. The van der Waals surface area contributed by atoms with Crippen LogP contribution in [0.15, 0.2) is 59.6 Å². The fourth-order valence-corrected chi connectivity index (χ4v) is 2.88. The first kappa shape index (κ1) is 17.1. The van der Waals surface area contributed by atoms with Gasteiger partial charge in [0.05, 0.1) is 11.4 Å². The maximum atomic E-state index is 12.1. The van der Waals surface area contributed by atoms with E-state index in [-0.39, 0.29) is 11.7 Å². The van der Waals surface area contributed by atoms with E-state index in [9.17, 15) is 4.79 Å². The quantitative estimate of drug-likeness (QED) is 0.810. The Bertz CT molecular complexity index is 651. The van der Waals surface area contributed by atoms with E-state index in [1.54, 1.807) is 6.08 Å². The average molecular weight is 310 g/mol. The van der Waals surface area contributed by atoms with Gasteiger partial charge in [0.15, 0.2) is 5.78 Å². The molecule has 0 radical (unpaired) electrons. The van der Waals surface area contributed by atoms with Crippen molar-refractivity contribution in [2.24, 2.45) is 5.73 Å². The van der Waals surface area contributed by atoms with Crippen LogP contribution in [-0.4, -0.2) is 5.78 Å². The third-order valence-electron chi connectivity index (χ3n) is 4.31. The van der Waals surface area contributed by atoms with Crippen LogP contribution in [0, 0.1) is 0 Å². The fourth-order valence-electron chi connectivity index (χ4n) is 2.88. The summed E-state index contributed by atoms with van der Waals surface area (Å²) < 4.78 is 0. The minimum atomic E-state index is 0.165. The Morgan fingerprint density at radius 2 is 1.91 bits per heavy atom. The average Bonchev–Trinajstić information content (AvgIpc) is 2.58. The zero-order valence-electron chi connectivity index (χ0n) is 14.2. The van der Waals surface area contributed by atoms with Gasteiger partial charge in [-0.15, -0.1) is 0 Å². The summed E-state index contributed by atoms with van der Waals surface area (Å²) in [5.41, 5.74) is 11.0. The number of nitrogens with one attached hydrogen (secondary N) is 1. The molecule has 0 aromatic heterocycles. The lowest BCUT2D eigenvalue weighted by Gasteiger charge is -2.24. The van der Waals surface area contributed by atoms with Crippen LogP contribution in [0.1, 0.15) is 50.7 Å². The molecule has 3 N–H and O–H groups in total. The van der Waals surface area contributed by atoms with Gasteiger partial charge in [0.2, 0.25) is 0 Å². The third kappa shape index (κ3) is 4.35. The number of aryl methyl sites for hydroxylation is 1. The highest BCUT2D eigenvalue weighted by molar-refractivity contribution is 5.92. The maximum absolute atomic E-state index is 12.1. The summed E-state index contributed by atoms with van der Waals surface area (Å²) >= 11 is 0. The van der Waals surface area contributed by atoms with Crippen LogP contribution in [0.4, 0.5) is 0 Å². The van der Waals surface area contributed by atoms with Crippen molar-refractivity contribution in [2.45, 2.75) is 46.0 Å². The molecule has 1 unspecified atom stereocenters. The van der Waals surface area contributed by atoms with Crippen molar-refractivity contribution in [1.29, 1.82) is 0 Å². The highest BCUT2D eigenvalue weighted by atomic mass is 16.1. The predicted octanol–water partition coefficient (Wildman–Crippen LogP) is 3.94. The van der Waals surface area contributed by atoms with Gasteiger partial charge in [-0.05, 0) is 43.7 Å². The van der Waals surface area contributed by atoms with Crippen molar-refractivity contribution >= 4 is 5.78 Å². The molecule has 3 nitrogen and oxygen atoms in total. The second-order valence-electron chi connectivity index (χ2n) is 5.91. The third-order valence-corrected chi connectivity index (χ3v) is 4.31. The molecule has 1 aromatic rings. The molecule has 1 aliphatic rings. The molecule has 0 heterocycles. The lowest BCUT2D eigenvalue weighted by molar-refractivity contribution is -0.115. The Kier molecular flexibility index (Phi) is 5.80. The van der Waals surface area contributed by atoms with Crippen LogP contribution in [0.2, 0.25) is 0 Å². The monoisotopic (exact) mass is 310 g/mol. The van der Waals surface area contributed by atoms with E-state index < -0.39 is 0 Å². The number of hydrogen-bond donors (Lipinski definition) is 2. The first-order chi connectivity index (χ1) is 11.1. The molecule has 0 spiro atoms. The standard InChI is InChI=1S/C20H26N2O/c1-4-14-7-9-15(10-8-14)16-11-17(13-18(23)12-16)22-20(6-3)19(21)5-2/h5-10,13,16,22H,4,11-12,21H2,1-3H3/b19-5+,20-6+. The fraction of sp³-hybridized carbons (Fsp3) is 0.350. The molecule has 1 aliphatic carbocycles. The minimum absolute atomic E-state index is 0.165. The Labute approximate surface area is 139 Å². The van der Waals surface area contributed by atoms with Crippen molar-refractivity contribution in [3.8, 4) is 0 Å². The normalized spacial score (nSPS) is 19.5. The first-order valence-corrected chi connectivity index (χ1v) is 8.25. The lowest BCUT2D eigenvalue weighted by Crippen LogP contribution is -2.24. The second kappa shape index (κ2) is 7.82. The summed E-state index contributed by atoms with van der Waals surface area (Å²) in [6.07, 6.45) is 7.93. The van der Waals surface area contributed by atoms with E-state index in [0.717, 1.165) is 24.2 Å². The number of allylic oxidation sites excluding steroid dienone is 4. The smallest absolute Gasteiger partial charge is 0.158 e. The molecule has 0 bridgehead atoms. The summed E-state index contributed by atoms with van der Waals surface area (Å²) in [5, 5.41) is 3.32. The minimum Gasteiger partial charge on any atom is -0.397 e. The molecule has 1 aromatic carbocycles. The van der Waals surface area contributed by atoms with Crippen LogP contribution in [0.5, 0.6) is 0 Å². The summed E-state index contributed by atoms with van der Waals surface area (Å²) in [6, 6.07) is 8.61. The molecule has 122 valence electrons. The molecule has 0 aliphatic heterocycles. The highest BCUT2D eigenvalue weighted by Crippen LogP contribution is 2.31. The Morgan fingerprint density at radius 1 is 1.22 bits per heavy atom. The largest absolute Gasteiger partial charge is 0.397 e. The van der Waals surface area contributed by atoms with E-state index in [2.05, 4.69) is 36.5 Å². The first-order valence-electron chi connectivity index (χ1n) is 8.25. The molecule has 0 fully saturated rings. The number of carbonyl (C=O) groups excluding carboxylic acids is 1. The topological polar surface area (TPSA) is 55.1 Å². The zero-order chi connectivity index (χ0) is 16.8. The van der Waals surface area contributed by atoms with Crippen molar-refractivity contribution < 1.29 is 4.79 Å². The van der Waals surface area contributed by atoms with Gasteiger partial charge < -0.3 is 11.1 Å². The molecule has 0 saturated carbocycles. The Morgan fingerprint density at radius 3 is 2.48 bits per heavy atom. The zero-order valence-corrected chi connectivity index (χ0v) is 14.2. The van der Waals surface area contributed by atoms with Crippen LogP contribution in [-0.2, 0) is 11.2 Å². The molecule has 23 heavy (non-hydrogen) atoms. The van der Waals surface area contributed by atoms with Crippen LogP contribution in [0.3, 0.4) is 0 Å². The van der Waals surface area contributed by atoms with E-state index in [1.807, 2.05) is 26.0 Å². The highest BCUT2D eigenvalue weighted by Gasteiger charge is 2.22. The molecular weight excluding hydrogens is 284 g/mol. The van der Waals surface area contributed by atoms with E-state index >= 15 is 0 Å². The Hall–Kier alpha value is -2.29. The van der Waals surface area contributed by atoms with E-state index in [4.69, 9.17) is 5.73 Å². The van der Waals surface area contributed by atoms with E-state index in [0.29, 0.717) is 12.1 Å². The molecule has 3 heteroatoms. The van der Waals surface area contributed by atoms with Crippen molar-refractivity contribution in [3.05, 3.63) is 70.7 Å². The summed E-state index contributed by atoms with van der Waals surface area (Å²) in [6.45, 7) is 5.98. The second-order valence-corrected chi connectivity index (χ2v) is 5.91. The van der Waals surface area contributed by atoms with Crippen molar-refractivity contribution in [2.75, 3.05) is 0 Å². The lowest BCUT2D eigenvalue weighted by atomic mass is 9.85.